The van der Waals surface area contributed by atoms with Gasteiger partial charge in [0, 0.05) is 11.1 Å². The standard InChI is InChI=1S/C23H36O8/c1-18(2)22(26)30-15-11-7-5-9-13-28-20(24)17-21(25)29-14-10-6-8-12-16-31-23(27)19(3)4/h1,3,5-17H2,2,4H3. The van der Waals surface area contributed by atoms with Gasteiger partial charge in [-0.1, -0.05) is 13.2 Å². The maximum absolute atomic E-state index is 11.6. The van der Waals surface area contributed by atoms with Gasteiger partial charge in [-0.3, -0.25) is 9.59 Å². The highest BCUT2D eigenvalue weighted by Gasteiger charge is 2.12. The fraction of sp³-hybridized carbons (Fsp3) is 0.652. The lowest BCUT2D eigenvalue weighted by atomic mass is 10.2. The minimum Gasteiger partial charge on any atom is -0.465 e. The van der Waals surface area contributed by atoms with Gasteiger partial charge in [0.2, 0.25) is 0 Å². The summed E-state index contributed by atoms with van der Waals surface area (Å²) < 4.78 is 20.0. The van der Waals surface area contributed by atoms with Crippen molar-refractivity contribution < 1.29 is 38.1 Å². The Morgan fingerprint density at radius 3 is 1.10 bits per heavy atom. The van der Waals surface area contributed by atoms with Crippen LogP contribution in [0.25, 0.3) is 0 Å². The molecule has 0 heterocycles. The van der Waals surface area contributed by atoms with E-state index in [2.05, 4.69) is 13.2 Å². The number of esters is 4. The van der Waals surface area contributed by atoms with Gasteiger partial charge in [-0.05, 0) is 65.2 Å². The van der Waals surface area contributed by atoms with E-state index in [4.69, 9.17) is 18.9 Å². The highest BCUT2D eigenvalue weighted by Crippen LogP contribution is 2.04. The maximum Gasteiger partial charge on any atom is 0.333 e. The topological polar surface area (TPSA) is 105 Å². The van der Waals surface area contributed by atoms with Crippen LogP contribution in [0.5, 0.6) is 0 Å². The molecule has 0 aliphatic rings. The molecule has 0 amide bonds. The molecular weight excluding hydrogens is 404 g/mol. The number of rotatable bonds is 18. The lowest BCUT2D eigenvalue weighted by molar-refractivity contribution is -0.154. The first-order valence-electron chi connectivity index (χ1n) is 10.7. The Morgan fingerprint density at radius 1 is 0.516 bits per heavy atom. The summed E-state index contributed by atoms with van der Waals surface area (Å²) in [6.45, 7) is 11.4. The number of carbonyl (C=O) groups is 4. The molecule has 0 aliphatic heterocycles. The summed E-state index contributed by atoms with van der Waals surface area (Å²) in [4.78, 5) is 45.6. The zero-order chi connectivity index (χ0) is 23.5. The summed E-state index contributed by atoms with van der Waals surface area (Å²) in [5, 5.41) is 0. The van der Waals surface area contributed by atoms with Crippen LogP contribution in [0.4, 0.5) is 0 Å². The van der Waals surface area contributed by atoms with Crippen LogP contribution in [0.2, 0.25) is 0 Å². The Kier molecular flexibility index (Phi) is 16.6. The van der Waals surface area contributed by atoms with E-state index >= 15 is 0 Å². The number of ether oxygens (including phenoxy) is 4. The molecule has 0 atom stereocenters. The Morgan fingerprint density at radius 2 is 0.806 bits per heavy atom. The van der Waals surface area contributed by atoms with Crippen molar-refractivity contribution >= 4 is 23.9 Å². The van der Waals surface area contributed by atoms with Crippen LogP contribution in [-0.4, -0.2) is 50.3 Å². The van der Waals surface area contributed by atoms with Crippen LogP contribution in [0, 0.1) is 0 Å². The van der Waals surface area contributed by atoms with Crippen LogP contribution in [-0.2, 0) is 38.1 Å². The van der Waals surface area contributed by atoms with Crippen molar-refractivity contribution in [2.75, 3.05) is 26.4 Å². The zero-order valence-corrected chi connectivity index (χ0v) is 18.9. The summed E-state index contributed by atoms with van der Waals surface area (Å²) in [6.07, 6.45) is 5.78. The smallest absolute Gasteiger partial charge is 0.333 e. The second-order valence-corrected chi connectivity index (χ2v) is 7.28. The van der Waals surface area contributed by atoms with Crippen LogP contribution in [0.1, 0.15) is 71.6 Å². The monoisotopic (exact) mass is 440 g/mol. The molecule has 8 heteroatoms. The fourth-order valence-electron chi connectivity index (χ4n) is 2.28. The van der Waals surface area contributed by atoms with Gasteiger partial charge >= 0.3 is 23.9 Å². The molecule has 0 rings (SSSR count). The highest BCUT2D eigenvalue weighted by atomic mass is 16.6. The molecule has 0 saturated heterocycles. The molecule has 31 heavy (non-hydrogen) atoms. The van der Waals surface area contributed by atoms with Crippen molar-refractivity contribution in [1.29, 1.82) is 0 Å². The van der Waals surface area contributed by atoms with E-state index in [0.717, 1.165) is 38.5 Å². The van der Waals surface area contributed by atoms with Crippen molar-refractivity contribution in [3.63, 3.8) is 0 Å². The van der Waals surface area contributed by atoms with E-state index in [-0.39, 0.29) is 25.2 Å². The van der Waals surface area contributed by atoms with E-state index < -0.39 is 18.4 Å². The molecule has 0 aliphatic carbocycles. The molecule has 0 aromatic rings. The molecule has 0 aromatic carbocycles. The Bertz CT molecular complexity index is 557. The van der Waals surface area contributed by atoms with Gasteiger partial charge in [-0.15, -0.1) is 0 Å². The van der Waals surface area contributed by atoms with Crippen LogP contribution >= 0.6 is 0 Å². The molecule has 0 aromatic heterocycles. The average Bonchev–Trinajstić information content (AvgIpc) is 2.71. The van der Waals surface area contributed by atoms with Crippen LogP contribution < -0.4 is 0 Å². The van der Waals surface area contributed by atoms with Gasteiger partial charge < -0.3 is 18.9 Å². The van der Waals surface area contributed by atoms with Gasteiger partial charge in [-0.2, -0.15) is 0 Å². The largest absolute Gasteiger partial charge is 0.465 e. The average molecular weight is 441 g/mol. The van der Waals surface area contributed by atoms with Crippen molar-refractivity contribution in [2.24, 2.45) is 0 Å². The molecule has 0 saturated carbocycles. The second kappa shape index (κ2) is 18.2. The summed E-state index contributed by atoms with van der Waals surface area (Å²) in [5.41, 5.74) is 0.758. The first-order chi connectivity index (χ1) is 14.7. The molecule has 0 spiro atoms. The van der Waals surface area contributed by atoms with E-state index in [9.17, 15) is 19.2 Å². The molecule has 0 N–H and O–H groups in total. The van der Waals surface area contributed by atoms with Gasteiger partial charge in [0.05, 0.1) is 26.4 Å². The molecule has 176 valence electrons. The number of unbranched alkanes of at least 4 members (excludes halogenated alkanes) is 6. The number of hydrogen-bond acceptors (Lipinski definition) is 8. The van der Waals surface area contributed by atoms with Gasteiger partial charge in [0.15, 0.2) is 0 Å². The minimum absolute atomic E-state index is 0.244. The summed E-state index contributed by atoms with van der Waals surface area (Å²) in [5.74, 6) is -1.97. The van der Waals surface area contributed by atoms with Gasteiger partial charge in [0.25, 0.3) is 0 Å². The Hall–Kier alpha value is -2.64. The summed E-state index contributed by atoms with van der Waals surface area (Å²) in [7, 11) is 0. The number of carbonyl (C=O) groups excluding carboxylic acids is 4. The van der Waals surface area contributed by atoms with Crippen molar-refractivity contribution in [3.05, 3.63) is 24.3 Å². The van der Waals surface area contributed by atoms with Gasteiger partial charge in [0.1, 0.15) is 6.42 Å². The summed E-state index contributed by atoms with van der Waals surface area (Å²) in [6, 6.07) is 0. The predicted octanol–water partition coefficient (Wildman–Crippen LogP) is 3.82. The lowest BCUT2D eigenvalue weighted by Gasteiger charge is -2.07. The van der Waals surface area contributed by atoms with E-state index in [1.54, 1.807) is 13.8 Å². The van der Waals surface area contributed by atoms with Crippen LogP contribution in [0.3, 0.4) is 0 Å². The van der Waals surface area contributed by atoms with Crippen molar-refractivity contribution in [1.82, 2.24) is 0 Å². The summed E-state index contributed by atoms with van der Waals surface area (Å²) >= 11 is 0. The second-order valence-electron chi connectivity index (χ2n) is 7.28. The van der Waals surface area contributed by atoms with Crippen molar-refractivity contribution in [2.45, 2.75) is 71.6 Å². The first-order valence-corrected chi connectivity index (χ1v) is 10.7. The first kappa shape index (κ1) is 28.4. The molecular formula is C23H36O8. The molecule has 0 fully saturated rings. The Labute approximate surface area is 184 Å². The SMILES string of the molecule is C=C(C)C(=O)OCCCCCCOC(=O)CC(=O)OCCCCCCOC(=O)C(=C)C. The fourth-order valence-corrected chi connectivity index (χ4v) is 2.28. The van der Waals surface area contributed by atoms with E-state index in [1.165, 1.54) is 0 Å². The molecule has 0 radical (unpaired) electrons. The minimum atomic E-state index is -0.597. The lowest BCUT2D eigenvalue weighted by Crippen LogP contribution is -2.15. The normalized spacial score (nSPS) is 10.1. The maximum atomic E-state index is 11.6. The third-order valence-electron chi connectivity index (χ3n) is 4.06. The zero-order valence-electron chi connectivity index (χ0n) is 18.9. The van der Waals surface area contributed by atoms with Crippen LogP contribution in [0.15, 0.2) is 24.3 Å². The quantitative estimate of drug-likeness (QED) is 0.104. The third kappa shape index (κ3) is 17.9. The molecule has 0 unspecified atom stereocenters. The van der Waals surface area contributed by atoms with Gasteiger partial charge in [-0.25, -0.2) is 9.59 Å². The third-order valence-corrected chi connectivity index (χ3v) is 4.06. The molecule has 0 bridgehead atoms. The predicted molar refractivity (Wildman–Crippen MR) is 115 cm³/mol. The van der Waals surface area contributed by atoms with Crippen molar-refractivity contribution in [3.8, 4) is 0 Å². The van der Waals surface area contributed by atoms with E-state index in [1.807, 2.05) is 0 Å². The Balaban J connectivity index is 3.49. The highest BCUT2D eigenvalue weighted by molar-refractivity contribution is 5.91. The van der Waals surface area contributed by atoms with E-state index in [0.29, 0.717) is 37.2 Å². The number of hydrogen-bond donors (Lipinski definition) is 0. The molecule has 8 nitrogen and oxygen atoms in total.